The molecule has 4 bridgehead atoms. The molecular weight excluding hydrogens is 881 g/mol. The van der Waals surface area contributed by atoms with Gasteiger partial charge in [0.15, 0.2) is 0 Å². The maximum absolute atomic E-state index is 14.2. The van der Waals surface area contributed by atoms with Gasteiger partial charge in [-0.2, -0.15) is 0 Å². The summed E-state index contributed by atoms with van der Waals surface area (Å²) >= 11 is 0. The highest BCUT2D eigenvalue weighted by molar-refractivity contribution is 5.95. The summed E-state index contributed by atoms with van der Waals surface area (Å²) in [5.41, 5.74) is 0.261. The summed E-state index contributed by atoms with van der Waals surface area (Å²) in [6.07, 6.45) is 3.19. The molecule has 0 radical (unpaired) electrons. The van der Waals surface area contributed by atoms with E-state index in [9.17, 15) is 48.6 Å². The first-order valence-corrected chi connectivity index (χ1v) is 23.8. The summed E-state index contributed by atoms with van der Waals surface area (Å²) in [7, 11) is 0. The van der Waals surface area contributed by atoms with Crippen molar-refractivity contribution in [2.24, 2.45) is 35.5 Å². The van der Waals surface area contributed by atoms with Crippen LogP contribution in [0.5, 0.6) is 0 Å². The van der Waals surface area contributed by atoms with Crippen molar-refractivity contribution < 1.29 is 48.6 Å². The third-order valence-electron chi connectivity index (χ3n) is 11.2. The second-order valence-electron chi connectivity index (χ2n) is 20.6. The smallest absolute Gasteiger partial charge is 0.326 e. The zero-order valence-corrected chi connectivity index (χ0v) is 41.7. The van der Waals surface area contributed by atoms with Gasteiger partial charge in [-0.05, 0) is 74.0 Å². The molecule has 68 heavy (non-hydrogen) atoms. The Bertz CT molecular complexity index is 1900. The molecule has 1 aliphatic heterocycles. The van der Waals surface area contributed by atoms with E-state index in [-0.39, 0.29) is 98.3 Å². The number of rotatable bonds is 14. The van der Waals surface area contributed by atoms with Gasteiger partial charge >= 0.3 is 11.9 Å². The fourth-order valence-electron chi connectivity index (χ4n) is 7.94. The summed E-state index contributed by atoms with van der Waals surface area (Å²) in [6.45, 7) is 22.3. The number of carbonyl (C=O) groups is 8. The van der Waals surface area contributed by atoms with Crippen molar-refractivity contribution in [1.82, 2.24) is 61.9 Å². The van der Waals surface area contributed by atoms with E-state index < -0.39 is 95.7 Å². The largest absolute Gasteiger partial charge is 0.480 e. The highest BCUT2D eigenvalue weighted by atomic mass is 16.4. The number of nitrogens with one attached hydrogen (secondary N) is 6. The first-order chi connectivity index (χ1) is 31.7. The van der Waals surface area contributed by atoms with Crippen LogP contribution in [0.1, 0.15) is 145 Å². The lowest BCUT2D eigenvalue weighted by atomic mass is 9.98. The molecule has 0 aromatic carbocycles. The SMILES string of the molecule is CC(C)C[C@@H]1NC(=O)[C@H](CC(C)C)NC(=O)[C@H](CC(C)C)n2cc(nn2)C[C@@H](C(=O)O)NC(=O)[C@H](CC(C)C)NC(=O)[C@H](CC(C)C)NC(=O)[C@H](CC(C)C)n2cc(nn2)C[C@@H](C(=O)O)NC1=O. The van der Waals surface area contributed by atoms with Gasteiger partial charge in [-0.3, -0.25) is 28.8 Å². The highest BCUT2D eigenvalue weighted by Crippen LogP contribution is 2.22. The Hall–Kier alpha value is -5.96. The zero-order valence-electron chi connectivity index (χ0n) is 41.7. The van der Waals surface area contributed by atoms with Gasteiger partial charge in [0.1, 0.15) is 48.3 Å². The molecule has 2 aromatic heterocycles. The number of carboxylic acid groups (broad SMARTS) is 2. The first kappa shape index (κ1) is 56.4. The standard InChI is InChI=1S/C46H76N12O10/c1-23(2)13-31-41(61)51-35(45(65)66)19-29-21-57(55-53-29)38(18-28(11)12)44(64)50-34(16-26(7)8)40(60)48-32(14-24(3)4)42(62)52-36(46(67)68)20-30-22-58(56-54-30)37(17-27(9)10)43(63)49-33(15-25(5)6)39(59)47-31/h21-28,31-38H,13-20H2,1-12H3,(H,47,59)(H,48,60)(H,49,63)(H,50,64)(H,51,61)(H,52,62)(H,65,66)(H,67,68)/t31-,32-,33-,34-,35-,36-,37-,38-/m0/s1. The maximum atomic E-state index is 14.2. The predicted molar refractivity (Wildman–Crippen MR) is 249 cm³/mol. The summed E-state index contributed by atoms with van der Waals surface area (Å²) in [4.78, 5) is 110. The second kappa shape index (κ2) is 26.0. The van der Waals surface area contributed by atoms with Gasteiger partial charge in [-0.15, -0.1) is 10.2 Å². The van der Waals surface area contributed by atoms with E-state index >= 15 is 0 Å². The van der Waals surface area contributed by atoms with Gasteiger partial charge in [0.2, 0.25) is 35.4 Å². The zero-order chi connectivity index (χ0) is 51.2. The van der Waals surface area contributed by atoms with Crippen molar-refractivity contribution >= 4 is 47.4 Å². The van der Waals surface area contributed by atoms with Crippen LogP contribution in [0, 0.1) is 35.5 Å². The molecule has 22 heteroatoms. The molecule has 3 heterocycles. The van der Waals surface area contributed by atoms with E-state index in [4.69, 9.17) is 0 Å². The van der Waals surface area contributed by atoms with Crippen molar-refractivity contribution in [2.75, 3.05) is 0 Å². The Morgan fingerprint density at radius 2 is 0.706 bits per heavy atom. The number of amides is 6. The molecule has 0 fully saturated rings. The third-order valence-corrected chi connectivity index (χ3v) is 11.2. The molecule has 2 aromatic rings. The average molecular weight is 957 g/mol. The number of carbonyl (C=O) groups excluding carboxylic acids is 6. The van der Waals surface area contributed by atoms with Gasteiger partial charge < -0.3 is 42.1 Å². The van der Waals surface area contributed by atoms with Crippen molar-refractivity contribution in [1.29, 1.82) is 0 Å². The van der Waals surface area contributed by atoms with E-state index in [0.717, 1.165) is 0 Å². The number of hydrogen-bond donors (Lipinski definition) is 8. The molecule has 8 atom stereocenters. The number of aliphatic carboxylic acids is 2. The number of aromatic nitrogens is 6. The lowest BCUT2D eigenvalue weighted by molar-refractivity contribution is -0.142. The Balaban J connectivity index is 2.19. The molecule has 3 rings (SSSR count). The lowest BCUT2D eigenvalue weighted by Crippen LogP contribution is -2.57. The van der Waals surface area contributed by atoms with E-state index in [1.54, 1.807) is 0 Å². The quantitative estimate of drug-likeness (QED) is 0.135. The molecular formula is C46H76N12O10. The molecule has 6 amide bonds. The molecule has 1 aliphatic rings. The number of carboxylic acids is 2. The summed E-state index contributed by atoms with van der Waals surface area (Å²) in [5, 5.41) is 53.5. The predicted octanol–water partition coefficient (Wildman–Crippen LogP) is 2.11. The number of hydrogen-bond acceptors (Lipinski definition) is 12. The van der Waals surface area contributed by atoms with Crippen LogP contribution < -0.4 is 31.9 Å². The molecule has 22 nitrogen and oxygen atoms in total. The first-order valence-electron chi connectivity index (χ1n) is 23.8. The van der Waals surface area contributed by atoms with Crippen LogP contribution in [-0.4, -0.2) is 124 Å². The van der Waals surface area contributed by atoms with Crippen molar-refractivity contribution in [3.8, 4) is 0 Å². The average Bonchev–Trinajstić information content (AvgIpc) is 3.88. The Labute approximate surface area is 399 Å². The molecule has 0 spiro atoms. The molecule has 8 N–H and O–H groups in total. The third kappa shape index (κ3) is 17.9. The summed E-state index contributed by atoms with van der Waals surface area (Å²) in [6, 6.07) is -9.78. The number of nitrogens with zero attached hydrogens (tertiary/aromatic N) is 6. The van der Waals surface area contributed by atoms with Crippen LogP contribution in [0.15, 0.2) is 12.4 Å². The van der Waals surface area contributed by atoms with E-state index in [1.165, 1.54) is 21.8 Å². The Morgan fingerprint density at radius 1 is 0.456 bits per heavy atom. The molecule has 380 valence electrons. The lowest BCUT2D eigenvalue weighted by Gasteiger charge is -2.27. The fourth-order valence-corrected chi connectivity index (χ4v) is 7.94. The topological polar surface area (TPSA) is 311 Å². The fraction of sp³-hybridized carbons (Fsp3) is 0.739. The monoisotopic (exact) mass is 957 g/mol. The van der Waals surface area contributed by atoms with Crippen molar-refractivity contribution in [3.63, 3.8) is 0 Å². The molecule has 0 saturated heterocycles. The minimum Gasteiger partial charge on any atom is -0.480 e. The normalized spacial score (nSPS) is 24.6. The Kier molecular flexibility index (Phi) is 21.5. The number of fused-ring (bicyclic) bond motifs is 4. The second-order valence-corrected chi connectivity index (χ2v) is 20.6. The van der Waals surface area contributed by atoms with Crippen LogP contribution in [0.3, 0.4) is 0 Å². The van der Waals surface area contributed by atoms with E-state index in [2.05, 4.69) is 52.5 Å². The van der Waals surface area contributed by atoms with Crippen LogP contribution >= 0.6 is 0 Å². The minimum atomic E-state index is -1.53. The highest BCUT2D eigenvalue weighted by Gasteiger charge is 2.36. The summed E-state index contributed by atoms with van der Waals surface area (Å²) < 4.78 is 2.56. The van der Waals surface area contributed by atoms with Gasteiger partial charge in [0, 0.05) is 25.2 Å². The van der Waals surface area contributed by atoms with Crippen LogP contribution in [0.4, 0.5) is 0 Å². The summed E-state index contributed by atoms with van der Waals surface area (Å²) in [5.74, 6) is -7.46. The Morgan fingerprint density at radius 3 is 0.956 bits per heavy atom. The minimum absolute atomic E-state index is 0.0651. The molecule has 0 unspecified atom stereocenters. The van der Waals surface area contributed by atoms with Crippen molar-refractivity contribution in [3.05, 3.63) is 23.8 Å². The van der Waals surface area contributed by atoms with Gasteiger partial charge in [-0.25, -0.2) is 19.0 Å². The van der Waals surface area contributed by atoms with E-state index in [1.807, 2.05) is 83.1 Å². The van der Waals surface area contributed by atoms with Crippen molar-refractivity contribution in [2.45, 2.75) is 183 Å². The van der Waals surface area contributed by atoms with Gasteiger partial charge in [0.05, 0.1) is 11.4 Å². The van der Waals surface area contributed by atoms with Gasteiger partial charge in [0.25, 0.3) is 0 Å². The van der Waals surface area contributed by atoms with Gasteiger partial charge in [-0.1, -0.05) is 93.5 Å². The van der Waals surface area contributed by atoms with E-state index in [0.29, 0.717) is 0 Å². The van der Waals surface area contributed by atoms with Crippen LogP contribution in [0.2, 0.25) is 0 Å². The van der Waals surface area contributed by atoms with Crippen LogP contribution in [0.25, 0.3) is 0 Å². The molecule has 0 aliphatic carbocycles. The molecule has 0 saturated carbocycles. The van der Waals surface area contributed by atoms with Crippen LogP contribution in [-0.2, 0) is 51.2 Å². The maximum Gasteiger partial charge on any atom is 0.326 e.